The number of nitrogens with zero attached hydrogens (tertiary/aromatic N) is 1. The van der Waals surface area contributed by atoms with Crippen molar-refractivity contribution in [2.45, 2.75) is 13.8 Å². The minimum atomic E-state index is -0.537. The van der Waals surface area contributed by atoms with Crippen molar-refractivity contribution in [3.63, 3.8) is 0 Å². The number of aromatic hydroxyl groups is 1. The van der Waals surface area contributed by atoms with Gasteiger partial charge in [-0.25, -0.2) is 0 Å². The molecule has 0 bridgehead atoms. The standard InChI is InChI=1S/C19H16N2O3S/c1-11-4-3-5-16(12(11)2)21-18(24)15(17(23)20-19(21)25)10-13-6-8-14(22)9-7-13/h3-10,22H,1-2H3,(H,20,23,25). The average Bonchev–Trinajstić information content (AvgIpc) is 2.57. The van der Waals surface area contributed by atoms with Gasteiger partial charge < -0.3 is 5.11 Å². The Bertz CT molecular complexity index is 917. The third-order valence-corrected chi connectivity index (χ3v) is 4.41. The van der Waals surface area contributed by atoms with E-state index in [1.54, 1.807) is 18.2 Å². The van der Waals surface area contributed by atoms with Gasteiger partial charge in [0.1, 0.15) is 11.3 Å². The van der Waals surface area contributed by atoms with Crippen LogP contribution in [0.15, 0.2) is 48.0 Å². The Morgan fingerprint density at radius 2 is 1.76 bits per heavy atom. The van der Waals surface area contributed by atoms with Gasteiger partial charge in [-0.1, -0.05) is 24.3 Å². The maximum Gasteiger partial charge on any atom is 0.270 e. The fourth-order valence-electron chi connectivity index (χ4n) is 2.59. The summed E-state index contributed by atoms with van der Waals surface area (Å²) in [5.41, 5.74) is 3.20. The molecule has 0 saturated carbocycles. The molecule has 0 radical (unpaired) electrons. The molecule has 1 heterocycles. The topological polar surface area (TPSA) is 69.6 Å². The monoisotopic (exact) mass is 352 g/mol. The molecule has 2 amide bonds. The molecule has 3 rings (SSSR count). The lowest BCUT2D eigenvalue weighted by Gasteiger charge is -2.30. The fraction of sp³-hybridized carbons (Fsp3) is 0.105. The highest BCUT2D eigenvalue weighted by Gasteiger charge is 2.35. The molecule has 1 aliphatic heterocycles. The summed E-state index contributed by atoms with van der Waals surface area (Å²) in [4.78, 5) is 26.5. The fourth-order valence-corrected chi connectivity index (χ4v) is 2.87. The van der Waals surface area contributed by atoms with Crippen LogP contribution in [0.1, 0.15) is 16.7 Å². The molecule has 126 valence electrons. The molecule has 0 aromatic heterocycles. The van der Waals surface area contributed by atoms with Crippen LogP contribution in [-0.2, 0) is 9.59 Å². The lowest BCUT2D eigenvalue weighted by molar-refractivity contribution is -0.122. The maximum absolute atomic E-state index is 12.9. The van der Waals surface area contributed by atoms with Crippen LogP contribution in [0.2, 0.25) is 0 Å². The number of hydrogen-bond donors (Lipinski definition) is 2. The number of rotatable bonds is 2. The molecule has 1 aliphatic rings. The third kappa shape index (κ3) is 3.16. The van der Waals surface area contributed by atoms with E-state index in [1.165, 1.54) is 23.1 Å². The van der Waals surface area contributed by atoms with Crippen molar-refractivity contribution in [2.75, 3.05) is 4.90 Å². The number of aryl methyl sites for hydroxylation is 1. The van der Waals surface area contributed by atoms with Crippen LogP contribution in [-0.4, -0.2) is 22.0 Å². The molecular formula is C19H16N2O3S. The summed E-state index contributed by atoms with van der Waals surface area (Å²) in [6, 6.07) is 11.8. The van der Waals surface area contributed by atoms with Crippen LogP contribution in [0, 0.1) is 13.8 Å². The lowest BCUT2D eigenvalue weighted by atomic mass is 10.0. The average molecular weight is 352 g/mol. The van der Waals surface area contributed by atoms with Crippen molar-refractivity contribution in [2.24, 2.45) is 0 Å². The Labute approximate surface area is 150 Å². The third-order valence-electron chi connectivity index (χ3n) is 4.12. The molecule has 25 heavy (non-hydrogen) atoms. The number of benzene rings is 2. The molecular weight excluding hydrogens is 336 g/mol. The van der Waals surface area contributed by atoms with E-state index in [0.717, 1.165) is 11.1 Å². The summed E-state index contributed by atoms with van der Waals surface area (Å²) in [7, 11) is 0. The number of hydrogen-bond acceptors (Lipinski definition) is 4. The second-order valence-electron chi connectivity index (χ2n) is 5.77. The Morgan fingerprint density at radius 1 is 1.08 bits per heavy atom. The smallest absolute Gasteiger partial charge is 0.270 e. The van der Waals surface area contributed by atoms with Crippen LogP contribution < -0.4 is 10.2 Å². The number of carbonyl (C=O) groups excluding carboxylic acids is 2. The van der Waals surface area contributed by atoms with Gasteiger partial charge in [-0.15, -0.1) is 0 Å². The first-order valence-electron chi connectivity index (χ1n) is 7.65. The van der Waals surface area contributed by atoms with Crippen LogP contribution in [0.5, 0.6) is 5.75 Å². The zero-order valence-electron chi connectivity index (χ0n) is 13.7. The Morgan fingerprint density at radius 3 is 2.44 bits per heavy atom. The normalized spacial score (nSPS) is 16.3. The minimum absolute atomic E-state index is 0.0137. The van der Waals surface area contributed by atoms with Gasteiger partial charge in [-0.05, 0) is 67.0 Å². The van der Waals surface area contributed by atoms with E-state index in [0.29, 0.717) is 11.3 Å². The molecule has 2 aromatic rings. The lowest BCUT2D eigenvalue weighted by Crippen LogP contribution is -2.54. The molecule has 1 fully saturated rings. The number of amides is 2. The minimum Gasteiger partial charge on any atom is -0.508 e. The summed E-state index contributed by atoms with van der Waals surface area (Å²) in [5.74, 6) is -0.903. The van der Waals surface area contributed by atoms with Crippen molar-refractivity contribution in [3.05, 3.63) is 64.7 Å². The number of phenols is 1. The van der Waals surface area contributed by atoms with Gasteiger partial charge in [-0.3, -0.25) is 19.8 Å². The van der Waals surface area contributed by atoms with E-state index in [4.69, 9.17) is 12.2 Å². The van der Waals surface area contributed by atoms with Gasteiger partial charge in [0.2, 0.25) is 0 Å². The predicted octanol–water partition coefficient (Wildman–Crippen LogP) is 2.84. The van der Waals surface area contributed by atoms with Crippen LogP contribution in [0.3, 0.4) is 0 Å². The van der Waals surface area contributed by atoms with E-state index in [2.05, 4.69) is 5.32 Å². The number of nitrogens with one attached hydrogen (secondary N) is 1. The van der Waals surface area contributed by atoms with Crippen molar-refractivity contribution < 1.29 is 14.7 Å². The van der Waals surface area contributed by atoms with Crippen molar-refractivity contribution in [1.82, 2.24) is 5.32 Å². The second-order valence-corrected chi connectivity index (χ2v) is 6.16. The molecule has 5 nitrogen and oxygen atoms in total. The van der Waals surface area contributed by atoms with Gasteiger partial charge in [0.25, 0.3) is 11.8 Å². The van der Waals surface area contributed by atoms with E-state index < -0.39 is 11.8 Å². The summed E-state index contributed by atoms with van der Waals surface area (Å²) in [6.07, 6.45) is 1.48. The zero-order chi connectivity index (χ0) is 18.1. The summed E-state index contributed by atoms with van der Waals surface area (Å²) >= 11 is 5.21. The highest BCUT2D eigenvalue weighted by molar-refractivity contribution is 7.80. The maximum atomic E-state index is 12.9. The van der Waals surface area contributed by atoms with Crippen molar-refractivity contribution >= 4 is 40.9 Å². The van der Waals surface area contributed by atoms with E-state index in [9.17, 15) is 14.7 Å². The SMILES string of the molecule is Cc1cccc(N2C(=O)C(=Cc3ccc(O)cc3)C(=O)NC2=S)c1C. The molecule has 1 saturated heterocycles. The summed E-state index contributed by atoms with van der Waals surface area (Å²) in [5, 5.41) is 12.0. The van der Waals surface area contributed by atoms with Crippen molar-refractivity contribution in [1.29, 1.82) is 0 Å². The molecule has 2 aromatic carbocycles. The largest absolute Gasteiger partial charge is 0.508 e. The van der Waals surface area contributed by atoms with Gasteiger partial charge in [-0.2, -0.15) is 0 Å². The second kappa shape index (κ2) is 6.49. The summed E-state index contributed by atoms with van der Waals surface area (Å²) < 4.78 is 0. The Kier molecular flexibility index (Phi) is 4.37. The molecule has 2 N–H and O–H groups in total. The number of thiocarbonyl (C=S) groups is 1. The van der Waals surface area contributed by atoms with E-state index in [1.807, 2.05) is 26.0 Å². The van der Waals surface area contributed by atoms with E-state index in [-0.39, 0.29) is 16.4 Å². The zero-order valence-corrected chi connectivity index (χ0v) is 14.6. The molecule has 0 atom stereocenters. The van der Waals surface area contributed by atoms with Crippen LogP contribution >= 0.6 is 12.2 Å². The molecule has 0 aliphatic carbocycles. The highest BCUT2D eigenvalue weighted by atomic mass is 32.1. The van der Waals surface area contributed by atoms with Gasteiger partial charge in [0.15, 0.2) is 5.11 Å². The van der Waals surface area contributed by atoms with Crippen LogP contribution in [0.4, 0.5) is 5.69 Å². The van der Waals surface area contributed by atoms with Gasteiger partial charge in [0.05, 0.1) is 5.69 Å². The van der Waals surface area contributed by atoms with Crippen LogP contribution in [0.25, 0.3) is 6.08 Å². The molecule has 6 heteroatoms. The Balaban J connectivity index is 2.05. The first-order chi connectivity index (χ1) is 11.9. The highest BCUT2D eigenvalue weighted by Crippen LogP contribution is 2.27. The molecule has 0 spiro atoms. The first-order valence-corrected chi connectivity index (χ1v) is 8.06. The predicted molar refractivity (Wildman–Crippen MR) is 100 cm³/mol. The van der Waals surface area contributed by atoms with E-state index >= 15 is 0 Å². The quantitative estimate of drug-likeness (QED) is 0.495. The van der Waals surface area contributed by atoms with Crippen molar-refractivity contribution in [3.8, 4) is 5.75 Å². The number of phenolic OH excluding ortho intramolecular Hbond substituents is 1. The summed E-state index contributed by atoms with van der Waals surface area (Å²) in [6.45, 7) is 3.85. The first kappa shape index (κ1) is 16.9. The van der Waals surface area contributed by atoms with Gasteiger partial charge >= 0.3 is 0 Å². The van der Waals surface area contributed by atoms with Gasteiger partial charge in [0, 0.05) is 0 Å². The Hall–Kier alpha value is -2.99. The number of anilines is 1. The number of carbonyl (C=O) groups is 2. The molecule has 0 unspecified atom stereocenters.